The maximum Gasteiger partial charge on any atom is 0.155 e. The van der Waals surface area contributed by atoms with Crippen molar-refractivity contribution in [1.29, 1.82) is 0 Å². The number of likely N-dealkylation sites (N-methyl/N-ethyl adjacent to an activating group) is 1. The van der Waals surface area contributed by atoms with Crippen LogP contribution in [-0.4, -0.2) is 43.0 Å². The van der Waals surface area contributed by atoms with Crippen molar-refractivity contribution in [3.05, 3.63) is 58.6 Å². The Morgan fingerprint density at radius 1 is 0.957 bits per heavy atom. The lowest BCUT2D eigenvalue weighted by molar-refractivity contribution is 0.207. The van der Waals surface area contributed by atoms with Gasteiger partial charge in [-0.05, 0) is 31.3 Å². The number of hydrogen-bond acceptors (Lipinski definition) is 3. The monoisotopic (exact) mass is 326 g/mol. The molecule has 0 aliphatic carbocycles. The largest absolute Gasteiger partial charge is 0.454 e. The lowest BCUT2D eigenvalue weighted by atomic mass is 10.1. The quantitative estimate of drug-likeness (QED) is 0.781. The molecule has 0 radical (unpaired) electrons. The third-order valence-corrected chi connectivity index (χ3v) is 4.81. The third kappa shape index (κ3) is 2.71. The van der Waals surface area contributed by atoms with E-state index in [4.69, 9.17) is 16.3 Å². The average molecular weight is 327 g/mol. The number of benzene rings is 2. The van der Waals surface area contributed by atoms with E-state index < -0.39 is 0 Å². The van der Waals surface area contributed by atoms with Crippen LogP contribution in [-0.2, 0) is 0 Å². The van der Waals surface area contributed by atoms with Crippen LogP contribution >= 0.6 is 11.6 Å². The lowest BCUT2D eigenvalue weighted by Crippen LogP contribution is -2.43. The van der Waals surface area contributed by atoms with Crippen LogP contribution in [0.25, 0.3) is 11.8 Å². The van der Waals surface area contributed by atoms with E-state index in [2.05, 4.69) is 35.1 Å². The van der Waals surface area contributed by atoms with Crippen LogP contribution in [0.5, 0.6) is 11.5 Å². The molecule has 1 saturated heterocycles. The topological polar surface area (TPSA) is 15.7 Å². The third-order valence-electron chi connectivity index (χ3n) is 4.51. The van der Waals surface area contributed by atoms with E-state index >= 15 is 0 Å². The molecule has 0 amide bonds. The highest BCUT2D eigenvalue weighted by Crippen LogP contribution is 2.42. The van der Waals surface area contributed by atoms with Crippen LogP contribution in [0, 0.1) is 0 Å². The van der Waals surface area contributed by atoms with Crippen molar-refractivity contribution in [2.45, 2.75) is 0 Å². The summed E-state index contributed by atoms with van der Waals surface area (Å²) in [6, 6.07) is 14.1. The molecule has 118 valence electrons. The number of nitrogens with zero attached hydrogens (tertiary/aromatic N) is 2. The Bertz CT molecular complexity index is 764. The molecule has 0 N–H and O–H groups in total. The fraction of sp³-hybridized carbons (Fsp3) is 0.263. The second kappa shape index (κ2) is 5.91. The SMILES string of the molecule is CN1CCN(C2=Cc3ccccc3Oc3c(Cl)cccc32)CC1. The van der Waals surface area contributed by atoms with Gasteiger partial charge in [0.25, 0.3) is 0 Å². The van der Waals surface area contributed by atoms with Gasteiger partial charge in [0, 0.05) is 43.0 Å². The summed E-state index contributed by atoms with van der Waals surface area (Å²) in [7, 11) is 2.17. The molecule has 0 saturated carbocycles. The Morgan fingerprint density at radius 2 is 1.74 bits per heavy atom. The molecule has 2 aliphatic rings. The van der Waals surface area contributed by atoms with Gasteiger partial charge in [-0.1, -0.05) is 35.9 Å². The number of hydrogen-bond donors (Lipinski definition) is 0. The van der Waals surface area contributed by atoms with E-state index in [0.717, 1.165) is 48.8 Å². The highest BCUT2D eigenvalue weighted by Gasteiger charge is 2.24. The molecular weight excluding hydrogens is 308 g/mol. The maximum absolute atomic E-state index is 6.43. The van der Waals surface area contributed by atoms with Crippen LogP contribution in [0.4, 0.5) is 0 Å². The fourth-order valence-corrected chi connectivity index (χ4v) is 3.36. The minimum Gasteiger partial charge on any atom is -0.454 e. The summed E-state index contributed by atoms with van der Waals surface area (Å²) in [6.07, 6.45) is 2.23. The van der Waals surface area contributed by atoms with Crippen LogP contribution < -0.4 is 4.74 Å². The number of piperazine rings is 1. The van der Waals surface area contributed by atoms with Gasteiger partial charge in [-0.25, -0.2) is 0 Å². The van der Waals surface area contributed by atoms with Gasteiger partial charge in [0.05, 0.1) is 5.02 Å². The number of ether oxygens (including phenoxy) is 1. The van der Waals surface area contributed by atoms with Gasteiger partial charge in [0.1, 0.15) is 5.75 Å². The van der Waals surface area contributed by atoms with E-state index in [1.165, 1.54) is 5.70 Å². The zero-order valence-electron chi connectivity index (χ0n) is 13.1. The first-order valence-electron chi connectivity index (χ1n) is 7.93. The van der Waals surface area contributed by atoms with Crippen LogP contribution in [0.2, 0.25) is 5.02 Å². The maximum atomic E-state index is 6.43. The zero-order chi connectivity index (χ0) is 15.8. The Labute approximate surface area is 141 Å². The van der Waals surface area contributed by atoms with Crippen molar-refractivity contribution in [1.82, 2.24) is 9.80 Å². The molecule has 2 aliphatic heterocycles. The summed E-state index contributed by atoms with van der Waals surface area (Å²) in [6.45, 7) is 4.15. The predicted octanol–water partition coefficient (Wildman–Crippen LogP) is 4.19. The van der Waals surface area contributed by atoms with Gasteiger partial charge in [-0.15, -0.1) is 0 Å². The summed E-state index contributed by atoms with van der Waals surface area (Å²) < 4.78 is 6.15. The molecular formula is C19H19ClN2O. The van der Waals surface area contributed by atoms with Crippen LogP contribution in [0.1, 0.15) is 11.1 Å². The van der Waals surface area contributed by atoms with Crippen LogP contribution in [0.15, 0.2) is 42.5 Å². The molecule has 2 heterocycles. The van der Waals surface area contributed by atoms with Gasteiger partial charge in [0.2, 0.25) is 0 Å². The molecule has 3 nitrogen and oxygen atoms in total. The Morgan fingerprint density at radius 3 is 2.57 bits per heavy atom. The summed E-state index contributed by atoms with van der Waals surface area (Å²) in [5.41, 5.74) is 3.35. The molecule has 0 aromatic heterocycles. The van der Waals surface area contributed by atoms with Crippen molar-refractivity contribution in [3.63, 3.8) is 0 Å². The molecule has 1 fully saturated rings. The molecule has 0 bridgehead atoms. The number of fused-ring (bicyclic) bond motifs is 2. The molecule has 2 aromatic rings. The minimum absolute atomic E-state index is 0.652. The van der Waals surface area contributed by atoms with Gasteiger partial charge in [-0.3, -0.25) is 0 Å². The normalized spacial score (nSPS) is 17.7. The smallest absolute Gasteiger partial charge is 0.155 e. The number of para-hydroxylation sites is 2. The van der Waals surface area contributed by atoms with E-state index in [-0.39, 0.29) is 0 Å². The fourth-order valence-electron chi connectivity index (χ4n) is 3.15. The van der Waals surface area contributed by atoms with Crippen molar-refractivity contribution >= 4 is 23.4 Å². The summed E-state index contributed by atoms with van der Waals surface area (Å²) >= 11 is 6.43. The molecule has 0 spiro atoms. The van der Waals surface area contributed by atoms with Crippen molar-refractivity contribution in [3.8, 4) is 11.5 Å². The lowest BCUT2D eigenvalue weighted by Gasteiger charge is -2.35. The van der Waals surface area contributed by atoms with E-state index in [0.29, 0.717) is 5.02 Å². The number of rotatable bonds is 1. The highest BCUT2D eigenvalue weighted by atomic mass is 35.5. The minimum atomic E-state index is 0.652. The van der Waals surface area contributed by atoms with Gasteiger partial charge in [0.15, 0.2) is 5.75 Å². The molecule has 2 aromatic carbocycles. The summed E-state index contributed by atoms with van der Waals surface area (Å²) in [5, 5.41) is 0.652. The summed E-state index contributed by atoms with van der Waals surface area (Å²) in [4.78, 5) is 4.79. The van der Waals surface area contributed by atoms with Gasteiger partial charge in [-0.2, -0.15) is 0 Å². The predicted molar refractivity (Wildman–Crippen MR) is 94.9 cm³/mol. The molecule has 4 heteroatoms. The Hall–Kier alpha value is -1.97. The first-order chi connectivity index (χ1) is 11.2. The Balaban J connectivity index is 1.85. The summed E-state index contributed by atoms with van der Waals surface area (Å²) in [5.74, 6) is 1.61. The highest BCUT2D eigenvalue weighted by molar-refractivity contribution is 6.32. The van der Waals surface area contributed by atoms with E-state index in [1.807, 2.05) is 30.3 Å². The second-order valence-electron chi connectivity index (χ2n) is 6.08. The zero-order valence-corrected chi connectivity index (χ0v) is 13.9. The van der Waals surface area contributed by atoms with Crippen molar-refractivity contribution in [2.75, 3.05) is 33.2 Å². The first-order valence-corrected chi connectivity index (χ1v) is 8.31. The van der Waals surface area contributed by atoms with Gasteiger partial charge >= 0.3 is 0 Å². The average Bonchev–Trinajstić information content (AvgIpc) is 2.73. The van der Waals surface area contributed by atoms with Crippen LogP contribution in [0.3, 0.4) is 0 Å². The van der Waals surface area contributed by atoms with E-state index in [9.17, 15) is 0 Å². The van der Waals surface area contributed by atoms with Gasteiger partial charge < -0.3 is 14.5 Å². The van der Waals surface area contributed by atoms with Crippen molar-refractivity contribution < 1.29 is 4.74 Å². The standard InChI is InChI=1S/C19H19ClN2O/c1-21-9-11-22(12-10-21)17-13-14-5-2-3-8-18(14)23-19-15(17)6-4-7-16(19)20/h2-8,13H,9-12H2,1H3. The molecule has 0 unspecified atom stereocenters. The molecule has 0 atom stereocenters. The molecule has 23 heavy (non-hydrogen) atoms. The molecule has 4 rings (SSSR count). The van der Waals surface area contributed by atoms with Crippen molar-refractivity contribution in [2.24, 2.45) is 0 Å². The first kappa shape index (κ1) is 14.6. The van der Waals surface area contributed by atoms with E-state index in [1.54, 1.807) is 0 Å². The second-order valence-corrected chi connectivity index (χ2v) is 6.48. The Kier molecular flexibility index (Phi) is 3.76. The number of halogens is 1.